The second kappa shape index (κ2) is 10.1. The topological polar surface area (TPSA) is 69.6 Å². The van der Waals surface area contributed by atoms with Gasteiger partial charge in [0, 0.05) is 12.6 Å². The van der Waals surface area contributed by atoms with Crippen LogP contribution in [-0.4, -0.2) is 47.1 Å². The third-order valence-electron chi connectivity index (χ3n) is 7.71. The number of carbonyl (C=O) groups is 2. The number of carboxylic acids is 1. The van der Waals surface area contributed by atoms with Gasteiger partial charge in [-0.1, -0.05) is 61.4 Å². The Morgan fingerprint density at radius 2 is 1.64 bits per heavy atom. The lowest BCUT2D eigenvalue weighted by Crippen LogP contribution is -2.48. The molecule has 1 amide bonds. The Hall–Kier alpha value is -2.66. The zero-order chi connectivity index (χ0) is 23.4. The molecule has 0 radical (unpaired) electrons. The van der Waals surface area contributed by atoms with Crippen molar-refractivity contribution >= 4 is 11.9 Å². The maximum atomic E-state index is 13.1. The number of likely N-dealkylation sites (tertiary alicyclic amines) is 1. The maximum absolute atomic E-state index is 13.1. The number of nitrogens with zero attached hydrogens (tertiary/aromatic N) is 1. The number of benzene rings is 2. The molecule has 0 spiro atoms. The monoisotopic (exact) mass is 448 g/mol. The fourth-order valence-electron chi connectivity index (χ4n) is 5.47. The van der Waals surface area contributed by atoms with Gasteiger partial charge in [0.2, 0.25) is 5.91 Å². The summed E-state index contributed by atoms with van der Waals surface area (Å²) in [7, 11) is 0. The Morgan fingerprint density at radius 1 is 1.03 bits per heavy atom. The summed E-state index contributed by atoms with van der Waals surface area (Å²) >= 11 is 0. The maximum Gasteiger partial charge on any atom is 0.325 e. The molecule has 0 bridgehead atoms. The first kappa shape index (κ1) is 23.5. The third kappa shape index (κ3) is 5.14. The normalized spacial score (nSPS) is 21.1. The van der Waals surface area contributed by atoms with Crippen molar-refractivity contribution in [2.45, 2.75) is 76.3 Å². The molecule has 5 nitrogen and oxygen atoms in total. The van der Waals surface area contributed by atoms with Crippen LogP contribution in [0.3, 0.4) is 0 Å². The lowest BCUT2D eigenvalue weighted by Gasteiger charge is -2.29. The SMILES string of the molecule is CC(NC(=O)C1(c2ccc(-c3ccc(CCN4CCCC4C)cc3)cc2)CCCC1)C(=O)O. The van der Waals surface area contributed by atoms with E-state index in [4.69, 9.17) is 0 Å². The highest BCUT2D eigenvalue weighted by atomic mass is 16.4. The minimum atomic E-state index is -1.01. The molecule has 176 valence electrons. The van der Waals surface area contributed by atoms with Crippen LogP contribution in [0.5, 0.6) is 0 Å². The van der Waals surface area contributed by atoms with E-state index in [0.29, 0.717) is 6.04 Å². The van der Waals surface area contributed by atoms with Crippen molar-refractivity contribution in [2.24, 2.45) is 0 Å². The van der Waals surface area contributed by atoms with Gasteiger partial charge in [-0.3, -0.25) is 9.59 Å². The smallest absolute Gasteiger partial charge is 0.325 e. The zero-order valence-corrected chi connectivity index (χ0v) is 19.8. The fraction of sp³-hybridized carbons (Fsp3) is 0.500. The number of aliphatic carboxylic acids is 1. The lowest BCUT2D eigenvalue weighted by atomic mass is 9.77. The van der Waals surface area contributed by atoms with Crippen LogP contribution in [0.25, 0.3) is 11.1 Å². The minimum Gasteiger partial charge on any atom is -0.480 e. The molecule has 1 aliphatic heterocycles. The highest BCUT2D eigenvalue weighted by molar-refractivity contribution is 5.91. The van der Waals surface area contributed by atoms with E-state index < -0.39 is 17.4 Å². The first-order chi connectivity index (χ1) is 15.9. The highest BCUT2D eigenvalue weighted by Gasteiger charge is 2.43. The zero-order valence-electron chi connectivity index (χ0n) is 19.8. The van der Waals surface area contributed by atoms with Crippen LogP contribution >= 0.6 is 0 Å². The molecule has 4 rings (SSSR count). The van der Waals surface area contributed by atoms with Gasteiger partial charge < -0.3 is 15.3 Å². The van der Waals surface area contributed by atoms with Gasteiger partial charge in [0.1, 0.15) is 6.04 Å². The average molecular weight is 449 g/mol. The van der Waals surface area contributed by atoms with E-state index in [1.54, 1.807) is 0 Å². The highest BCUT2D eigenvalue weighted by Crippen LogP contribution is 2.42. The lowest BCUT2D eigenvalue weighted by molar-refractivity contribution is -0.142. The molecule has 2 aromatic carbocycles. The summed E-state index contributed by atoms with van der Waals surface area (Å²) in [6.45, 7) is 6.19. The second-order valence-electron chi connectivity index (χ2n) is 9.87. The molecule has 5 heteroatoms. The van der Waals surface area contributed by atoms with Crippen LogP contribution in [0.4, 0.5) is 0 Å². The molecule has 2 aliphatic rings. The predicted octanol–water partition coefficient (Wildman–Crippen LogP) is 4.78. The van der Waals surface area contributed by atoms with Crippen LogP contribution < -0.4 is 5.32 Å². The Kier molecular flexibility index (Phi) is 7.18. The first-order valence-corrected chi connectivity index (χ1v) is 12.4. The van der Waals surface area contributed by atoms with Crippen molar-refractivity contribution in [1.29, 1.82) is 0 Å². The summed E-state index contributed by atoms with van der Waals surface area (Å²) in [5, 5.41) is 11.9. The number of nitrogens with one attached hydrogen (secondary N) is 1. The molecule has 1 aliphatic carbocycles. The van der Waals surface area contributed by atoms with Gasteiger partial charge in [-0.05, 0) is 74.8 Å². The molecule has 2 atom stereocenters. The number of hydrogen-bond donors (Lipinski definition) is 2. The summed E-state index contributed by atoms with van der Waals surface area (Å²) in [5.74, 6) is -1.18. The molecule has 33 heavy (non-hydrogen) atoms. The Labute approximate surface area is 197 Å². The van der Waals surface area contributed by atoms with Crippen LogP contribution in [0.2, 0.25) is 0 Å². The largest absolute Gasteiger partial charge is 0.480 e. The molecule has 1 heterocycles. The van der Waals surface area contributed by atoms with Crippen molar-refractivity contribution in [1.82, 2.24) is 10.2 Å². The van der Waals surface area contributed by atoms with Gasteiger partial charge in [-0.25, -0.2) is 0 Å². The number of carboxylic acid groups (broad SMARTS) is 1. The number of hydrogen-bond acceptors (Lipinski definition) is 3. The summed E-state index contributed by atoms with van der Waals surface area (Å²) in [4.78, 5) is 26.9. The van der Waals surface area contributed by atoms with Crippen LogP contribution in [0.1, 0.15) is 63.5 Å². The van der Waals surface area contributed by atoms with Crippen LogP contribution in [0.15, 0.2) is 48.5 Å². The van der Waals surface area contributed by atoms with E-state index in [9.17, 15) is 14.7 Å². The first-order valence-electron chi connectivity index (χ1n) is 12.4. The molecule has 2 fully saturated rings. The molecule has 1 saturated carbocycles. The van der Waals surface area contributed by atoms with Crippen molar-refractivity contribution in [3.05, 3.63) is 59.7 Å². The average Bonchev–Trinajstić information content (AvgIpc) is 3.48. The second-order valence-corrected chi connectivity index (χ2v) is 9.87. The van der Waals surface area contributed by atoms with E-state index in [1.165, 1.54) is 37.4 Å². The summed E-state index contributed by atoms with van der Waals surface area (Å²) in [6.07, 6.45) is 7.19. The molecular formula is C28H36N2O3. The van der Waals surface area contributed by atoms with Gasteiger partial charge in [0.15, 0.2) is 0 Å². The van der Waals surface area contributed by atoms with E-state index >= 15 is 0 Å². The number of amides is 1. The summed E-state index contributed by atoms with van der Waals surface area (Å²) in [6, 6.07) is 16.9. The van der Waals surface area contributed by atoms with Gasteiger partial charge >= 0.3 is 5.97 Å². The Bertz CT molecular complexity index is 962. The standard InChI is InChI=1S/C28H36N2O3/c1-20-6-5-18-30(20)19-15-22-7-9-23(10-8-22)24-11-13-25(14-12-24)28(16-3-4-17-28)27(33)29-21(2)26(31)32/h7-14,20-21H,3-6,15-19H2,1-2H3,(H,29,33)(H,31,32). The van der Waals surface area contributed by atoms with Crippen molar-refractivity contribution in [2.75, 3.05) is 13.1 Å². The van der Waals surface area contributed by atoms with Gasteiger partial charge in [-0.2, -0.15) is 0 Å². The van der Waals surface area contributed by atoms with Crippen molar-refractivity contribution in [3.63, 3.8) is 0 Å². The minimum absolute atomic E-state index is 0.167. The molecule has 2 unspecified atom stereocenters. The summed E-state index contributed by atoms with van der Waals surface area (Å²) < 4.78 is 0. The van der Waals surface area contributed by atoms with Crippen molar-refractivity contribution in [3.8, 4) is 11.1 Å². The van der Waals surface area contributed by atoms with Crippen molar-refractivity contribution < 1.29 is 14.7 Å². The molecular weight excluding hydrogens is 412 g/mol. The van der Waals surface area contributed by atoms with Gasteiger partial charge in [0.25, 0.3) is 0 Å². The third-order valence-corrected chi connectivity index (χ3v) is 7.71. The molecule has 0 aromatic heterocycles. The number of rotatable bonds is 8. The molecule has 2 aromatic rings. The van der Waals surface area contributed by atoms with E-state index in [2.05, 4.69) is 53.5 Å². The Balaban J connectivity index is 1.44. The van der Waals surface area contributed by atoms with Crippen LogP contribution in [-0.2, 0) is 21.4 Å². The van der Waals surface area contributed by atoms with E-state index in [0.717, 1.165) is 49.8 Å². The number of carbonyl (C=O) groups excluding carboxylic acids is 1. The van der Waals surface area contributed by atoms with E-state index in [1.807, 2.05) is 12.1 Å². The van der Waals surface area contributed by atoms with Gasteiger partial charge in [0.05, 0.1) is 5.41 Å². The van der Waals surface area contributed by atoms with Crippen LogP contribution in [0, 0.1) is 0 Å². The summed E-state index contributed by atoms with van der Waals surface area (Å²) in [5.41, 5.74) is 4.02. The quantitative estimate of drug-likeness (QED) is 0.610. The Morgan fingerprint density at radius 3 is 2.18 bits per heavy atom. The van der Waals surface area contributed by atoms with Gasteiger partial charge in [-0.15, -0.1) is 0 Å². The molecule has 1 saturated heterocycles. The fourth-order valence-corrected chi connectivity index (χ4v) is 5.47. The molecule has 2 N–H and O–H groups in total. The van der Waals surface area contributed by atoms with E-state index in [-0.39, 0.29) is 5.91 Å². The predicted molar refractivity (Wildman–Crippen MR) is 131 cm³/mol.